The molecule has 2 aromatic carbocycles. The van der Waals surface area contributed by atoms with Crippen molar-refractivity contribution in [1.82, 2.24) is 9.80 Å². The van der Waals surface area contributed by atoms with Crippen LogP contribution in [0.5, 0.6) is 0 Å². The number of para-hydroxylation sites is 2. The molecule has 6 aliphatic rings. The van der Waals surface area contributed by atoms with Crippen LogP contribution in [0, 0.1) is 11.8 Å². The standard InChI is InChI=1S/C37H42N4O9S4/c1-18-24(45)36(53-5)26(47)34(20-11-7-9-13-22(20)38-28(34)40(36)30(49)32(18,15-42)51-3)35-21-12-8-10-14-23(21)39(17-44)29(35)41-31(50)33(16-43,52-4)19(2)25(46)37(41,54-6)27(35)48/h7-14,17-19,26-29,38,42-43,47-48H,15-16H2,1-6H3/t18?,19?,26-,27-,28+,29+,32+,33+,34+,35+,36+,37+/m0/s1. The summed E-state index contributed by atoms with van der Waals surface area (Å²) in [7, 11) is 0. The molecule has 13 nitrogen and oxygen atoms in total. The monoisotopic (exact) mass is 814 g/mol. The van der Waals surface area contributed by atoms with E-state index in [9.17, 15) is 25.2 Å². The van der Waals surface area contributed by atoms with E-state index < -0.39 is 103 Å². The largest absolute Gasteiger partial charge is 0.394 e. The molecule has 0 aliphatic carbocycles. The number of piperidine rings is 2. The van der Waals surface area contributed by atoms with E-state index in [4.69, 9.17) is 0 Å². The Balaban J connectivity index is 1.57. The summed E-state index contributed by atoms with van der Waals surface area (Å²) in [6, 6.07) is 13.7. The SMILES string of the molecule is CS[C@@]1(CO)C(=O)N2[C@H]3Nc4ccccc4[C@@]3([C@@]34c5ccccc5N(C=O)[C@@H]3N3C(=O)[C@](CO)(SC)C(C)C(=O)[C@@]3(SC)[C@H]4O)[C@H](O)[C@]2(SC)C(=O)C1C. The molecule has 3 amide bonds. The van der Waals surface area contributed by atoms with Gasteiger partial charge in [0.15, 0.2) is 21.3 Å². The van der Waals surface area contributed by atoms with Gasteiger partial charge in [-0.25, -0.2) is 0 Å². The van der Waals surface area contributed by atoms with E-state index in [-0.39, 0.29) is 0 Å². The lowest BCUT2D eigenvalue weighted by molar-refractivity contribution is -0.157. The second kappa shape index (κ2) is 12.1. The van der Waals surface area contributed by atoms with Crippen molar-refractivity contribution in [2.24, 2.45) is 11.8 Å². The van der Waals surface area contributed by atoms with Crippen molar-refractivity contribution in [2.45, 2.75) is 68.5 Å². The highest BCUT2D eigenvalue weighted by atomic mass is 32.2. The number of amides is 3. The number of rotatable bonds is 8. The van der Waals surface area contributed by atoms with Crippen molar-refractivity contribution in [3.8, 4) is 0 Å². The molecule has 12 atom stereocenters. The molecule has 2 aromatic rings. The normalized spacial score (nSPS) is 43.0. The van der Waals surface area contributed by atoms with Gasteiger partial charge in [-0.05, 0) is 48.3 Å². The van der Waals surface area contributed by atoms with Gasteiger partial charge in [-0.15, -0.1) is 47.0 Å². The smallest absolute Gasteiger partial charge is 0.245 e. The fourth-order valence-electron chi connectivity index (χ4n) is 11.4. The number of Topliss-reactive ketones (excluding diaryl/α,β-unsaturated/α-hetero) is 2. The lowest BCUT2D eigenvalue weighted by Gasteiger charge is -2.52. The summed E-state index contributed by atoms with van der Waals surface area (Å²) in [5.74, 6) is -4.53. The van der Waals surface area contributed by atoms with E-state index in [0.29, 0.717) is 28.9 Å². The molecule has 2 unspecified atom stereocenters. The van der Waals surface area contributed by atoms with Gasteiger partial charge in [0, 0.05) is 23.2 Å². The third kappa shape index (κ3) is 3.53. The number of carbonyl (C=O) groups excluding carboxylic acids is 5. The molecule has 54 heavy (non-hydrogen) atoms. The Labute approximate surface area is 329 Å². The third-order valence-corrected chi connectivity index (χ3v) is 19.1. The van der Waals surface area contributed by atoms with E-state index >= 15 is 19.2 Å². The average molecular weight is 815 g/mol. The maximum absolute atomic E-state index is 15.4. The highest BCUT2D eigenvalue weighted by molar-refractivity contribution is 8.02. The first-order valence-corrected chi connectivity index (χ1v) is 22.4. The molecule has 4 fully saturated rings. The zero-order chi connectivity index (χ0) is 39.1. The number of hydrogen-bond donors (Lipinski definition) is 5. The van der Waals surface area contributed by atoms with Crippen molar-refractivity contribution in [1.29, 1.82) is 0 Å². The molecule has 0 radical (unpaired) electrons. The number of benzene rings is 2. The van der Waals surface area contributed by atoms with E-state index in [1.165, 1.54) is 14.7 Å². The first kappa shape index (κ1) is 38.1. The minimum Gasteiger partial charge on any atom is -0.394 e. The van der Waals surface area contributed by atoms with Crippen LogP contribution in [0.3, 0.4) is 0 Å². The number of ketones is 2. The average Bonchev–Trinajstić information content (AvgIpc) is 3.83. The van der Waals surface area contributed by atoms with E-state index in [1.807, 2.05) is 0 Å². The van der Waals surface area contributed by atoms with E-state index in [1.54, 1.807) is 87.4 Å². The second-order valence-electron chi connectivity index (χ2n) is 14.9. The van der Waals surface area contributed by atoms with Gasteiger partial charge in [0.2, 0.25) is 18.2 Å². The lowest BCUT2D eigenvalue weighted by Crippen LogP contribution is -2.73. The molecule has 0 aromatic heterocycles. The van der Waals surface area contributed by atoms with Crippen LogP contribution in [0.1, 0.15) is 25.0 Å². The molecule has 0 saturated carbocycles. The van der Waals surface area contributed by atoms with E-state index in [0.717, 1.165) is 47.0 Å². The van der Waals surface area contributed by atoms with Crippen LogP contribution in [-0.2, 0) is 34.8 Å². The molecule has 8 rings (SSSR count). The predicted octanol–water partition coefficient (Wildman–Crippen LogP) is 1.07. The Morgan fingerprint density at radius 1 is 0.704 bits per heavy atom. The first-order chi connectivity index (χ1) is 25.7. The minimum absolute atomic E-state index is 0.302. The zero-order valence-electron chi connectivity index (χ0n) is 30.4. The number of aliphatic hydroxyl groups excluding tert-OH is 4. The maximum Gasteiger partial charge on any atom is 0.245 e. The Morgan fingerprint density at radius 2 is 1.19 bits per heavy atom. The Hall–Kier alpha value is -2.77. The highest BCUT2D eigenvalue weighted by Gasteiger charge is 2.91. The summed E-state index contributed by atoms with van der Waals surface area (Å²) in [6.07, 6.45) is 0.488. The molecule has 6 aliphatic heterocycles. The molecule has 6 heterocycles. The van der Waals surface area contributed by atoms with Crippen LogP contribution in [0.25, 0.3) is 0 Å². The van der Waals surface area contributed by atoms with Gasteiger partial charge < -0.3 is 25.7 Å². The Morgan fingerprint density at radius 3 is 1.70 bits per heavy atom. The number of nitrogens with zero attached hydrogens (tertiary/aromatic N) is 3. The number of carbonyl (C=O) groups is 5. The Bertz CT molecular complexity index is 2020. The number of thioether (sulfide) groups is 4. The van der Waals surface area contributed by atoms with Crippen LogP contribution in [0.2, 0.25) is 0 Å². The maximum atomic E-state index is 15.4. The van der Waals surface area contributed by atoms with Gasteiger partial charge in [0.1, 0.15) is 34.0 Å². The summed E-state index contributed by atoms with van der Waals surface area (Å²) in [5.41, 5.74) is -2.46. The molecule has 0 spiro atoms. The van der Waals surface area contributed by atoms with Crippen molar-refractivity contribution in [3.05, 3.63) is 59.7 Å². The van der Waals surface area contributed by atoms with Gasteiger partial charge in [0.05, 0.1) is 24.0 Å². The quantitative estimate of drug-likeness (QED) is 0.238. The zero-order valence-corrected chi connectivity index (χ0v) is 33.6. The van der Waals surface area contributed by atoms with Crippen LogP contribution in [0.4, 0.5) is 11.4 Å². The summed E-state index contributed by atoms with van der Waals surface area (Å²) in [5, 5.41) is 52.6. The molecule has 288 valence electrons. The predicted molar refractivity (Wildman–Crippen MR) is 209 cm³/mol. The molecule has 4 saturated heterocycles. The Kier molecular flexibility index (Phi) is 8.55. The fourth-order valence-corrected chi connectivity index (χ4v) is 15.4. The second-order valence-corrected chi connectivity index (χ2v) is 19.2. The van der Waals surface area contributed by atoms with E-state index in [2.05, 4.69) is 5.32 Å². The highest BCUT2D eigenvalue weighted by Crippen LogP contribution is 2.75. The lowest BCUT2D eigenvalue weighted by atomic mass is 9.51. The first-order valence-electron chi connectivity index (χ1n) is 17.5. The summed E-state index contributed by atoms with van der Waals surface area (Å²) >= 11 is 3.98. The molecular weight excluding hydrogens is 773 g/mol. The number of anilines is 2. The molecular formula is C37H42N4O9S4. The van der Waals surface area contributed by atoms with Gasteiger partial charge in [0.25, 0.3) is 0 Å². The number of hydrogen-bond acceptors (Lipinski definition) is 14. The topological polar surface area (TPSA) is 188 Å². The van der Waals surface area contributed by atoms with Crippen LogP contribution in [0.15, 0.2) is 48.5 Å². The van der Waals surface area contributed by atoms with Crippen LogP contribution < -0.4 is 10.2 Å². The van der Waals surface area contributed by atoms with Gasteiger partial charge in [-0.2, -0.15) is 0 Å². The van der Waals surface area contributed by atoms with Crippen molar-refractivity contribution in [3.63, 3.8) is 0 Å². The summed E-state index contributed by atoms with van der Waals surface area (Å²) in [6.45, 7) is 1.73. The third-order valence-electron chi connectivity index (χ3n) is 13.9. The van der Waals surface area contributed by atoms with Crippen molar-refractivity contribution >= 4 is 88.2 Å². The molecule has 17 heteroatoms. The summed E-state index contributed by atoms with van der Waals surface area (Å²) in [4.78, 5) is 74.4. The van der Waals surface area contributed by atoms with Gasteiger partial charge in [-0.1, -0.05) is 50.2 Å². The van der Waals surface area contributed by atoms with Gasteiger partial charge in [-0.3, -0.25) is 38.7 Å². The van der Waals surface area contributed by atoms with Crippen LogP contribution in [-0.4, -0.2) is 142 Å². The molecule has 5 N–H and O–H groups in total. The van der Waals surface area contributed by atoms with Crippen LogP contribution >= 0.6 is 47.0 Å². The van der Waals surface area contributed by atoms with Crippen molar-refractivity contribution < 1.29 is 44.4 Å². The molecule has 0 bridgehead atoms. The summed E-state index contributed by atoms with van der Waals surface area (Å²) < 4.78 is -3.32. The number of fused-ring (bicyclic) bond motifs is 11. The minimum atomic E-state index is -2.06. The number of aliphatic hydroxyl groups is 4. The number of nitrogens with one attached hydrogen (secondary N) is 1. The van der Waals surface area contributed by atoms with Gasteiger partial charge >= 0.3 is 0 Å². The van der Waals surface area contributed by atoms with Crippen molar-refractivity contribution in [2.75, 3.05) is 48.5 Å². The fraction of sp³-hybridized carbons (Fsp3) is 0.541.